The largest absolute Gasteiger partial charge is 0.481 e. The molecule has 4 heteroatoms. The van der Waals surface area contributed by atoms with Gasteiger partial charge < -0.3 is 15.3 Å². The van der Waals surface area contributed by atoms with Gasteiger partial charge in [0.05, 0.1) is 0 Å². The van der Waals surface area contributed by atoms with Gasteiger partial charge in [-0.3, -0.25) is 4.79 Å². The van der Waals surface area contributed by atoms with E-state index in [1.165, 1.54) is 12.8 Å². The van der Waals surface area contributed by atoms with Crippen molar-refractivity contribution in [3.63, 3.8) is 0 Å². The zero-order valence-corrected chi connectivity index (χ0v) is 11.0. The van der Waals surface area contributed by atoms with Crippen molar-refractivity contribution in [2.45, 2.75) is 51.5 Å². The molecule has 0 bridgehead atoms. The van der Waals surface area contributed by atoms with E-state index >= 15 is 0 Å². The monoisotopic (exact) mass is 242 g/mol. The second-order valence-corrected chi connectivity index (χ2v) is 4.81. The van der Waals surface area contributed by atoms with Gasteiger partial charge in [0.1, 0.15) is 0 Å². The average Bonchev–Trinajstić information content (AvgIpc) is 2.34. The molecular weight excluding hydrogens is 216 g/mol. The molecule has 1 saturated heterocycles. The highest BCUT2D eigenvalue weighted by Gasteiger charge is 2.18. The Morgan fingerprint density at radius 2 is 2.00 bits per heavy atom. The SMILES string of the molecule is CCN(CCCCCC(=O)O)C1CCNCC1. The fourth-order valence-electron chi connectivity index (χ4n) is 2.54. The van der Waals surface area contributed by atoms with Gasteiger partial charge in [0, 0.05) is 12.5 Å². The summed E-state index contributed by atoms with van der Waals surface area (Å²) in [6, 6.07) is 0.737. The standard InChI is InChI=1S/C13H26N2O2/c1-2-15(12-7-9-14-10-8-12)11-5-3-4-6-13(16)17/h12,14H,2-11H2,1H3,(H,16,17). The number of nitrogens with one attached hydrogen (secondary N) is 1. The number of rotatable bonds is 8. The lowest BCUT2D eigenvalue weighted by Crippen LogP contribution is -2.43. The van der Waals surface area contributed by atoms with Crippen molar-refractivity contribution in [2.24, 2.45) is 0 Å². The maximum absolute atomic E-state index is 10.4. The molecule has 0 aromatic rings. The van der Waals surface area contributed by atoms with Gasteiger partial charge in [-0.15, -0.1) is 0 Å². The molecule has 17 heavy (non-hydrogen) atoms. The van der Waals surface area contributed by atoms with Crippen molar-refractivity contribution in [1.29, 1.82) is 0 Å². The Labute approximate surface area is 104 Å². The first kappa shape index (κ1) is 14.5. The second kappa shape index (κ2) is 8.48. The van der Waals surface area contributed by atoms with Crippen molar-refractivity contribution in [3.8, 4) is 0 Å². The first-order valence-electron chi connectivity index (χ1n) is 6.90. The molecule has 1 rings (SSSR count). The summed E-state index contributed by atoms with van der Waals surface area (Å²) in [5, 5.41) is 11.9. The van der Waals surface area contributed by atoms with Gasteiger partial charge in [-0.2, -0.15) is 0 Å². The van der Waals surface area contributed by atoms with E-state index in [0.717, 1.165) is 51.5 Å². The number of nitrogens with zero attached hydrogens (tertiary/aromatic N) is 1. The van der Waals surface area contributed by atoms with Crippen LogP contribution in [0.3, 0.4) is 0 Å². The van der Waals surface area contributed by atoms with E-state index in [-0.39, 0.29) is 0 Å². The molecule has 2 N–H and O–H groups in total. The molecular formula is C13H26N2O2. The molecule has 0 atom stereocenters. The lowest BCUT2D eigenvalue weighted by molar-refractivity contribution is -0.137. The molecule has 1 aliphatic rings. The molecule has 1 aliphatic heterocycles. The molecule has 0 radical (unpaired) electrons. The molecule has 0 amide bonds. The van der Waals surface area contributed by atoms with Crippen LogP contribution in [-0.2, 0) is 4.79 Å². The van der Waals surface area contributed by atoms with E-state index in [1.54, 1.807) is 0 Å². The van der Waals surface area contributed by atoms with E-state index in [2.05, 4.69) is 17.1 Å². The van der Waals surface area contributed by atoms with Crippen LogP contribution in [0, 0.1) is 0 Å². The maximum atomic E-state index is 10.4. The van der Waals surface area contributed by atoms with Crippen molar-refractivity contribution >= 4 is 5.97 Å². The van der Waals surface area contributed by atoms with Crippen LogP contribution < -0.4 is 5.32 Å². The first-order chi connectivity index (χ1) is 8.24. The Morgan fingerprint density at radius 1 is 1.29 bits per heavy atom. The van der Waals surface area contributed by atoms with Crippen LogP contribution in [0.15, 0.2) is 0 Å². The van der Waals surface area contributed by atoms with E-state index in [9.17, 15) is 4.79 Å². The number of carboxylic acid groups (broad SMARTS) is 1. The molecule has 0 aromatic carbocycles. The van der Waals surface area contributed by atoms with E-state index in [0.29, 0.717) is 6.42 Å². The van der Waals surface area contributed by atoms with Gasteiger partial charge in [0.2, 0.25) is 0 Å². The summed E-state index contributed by atoms with van der Waals surface area (Å²) < 4.78 is 0. The van der Waals surface area contributed by atoms with Crippen LogP contribution in [-0.4, -0.2) is 48.2 Å². The Balaban J connectivity index is 2.11. The normalized spacial score (nSPS) is 17.5. The van der Waals surface area contributed by atoms with E-state index in [1.807, 2.05) is 0 Å². The van der Waals surface area contributed by atoms with Crippen LogP contribution >= 0.6 is 0 Å². The minimum atomic E-state index is -0.671. The first-order valence-corrected chi connectivity index (χ1v) is 6.90. The Morgan fingerprint density at radius 3 is 2.59 bits per heavy atom. The van der Waals surface area contributed by atoms with E-state index < -0.39 is 5.97 Å². The Kier molecular flexibility index (Phi) is 7.21. The Bertz CT molecular complexity index is 215. The molecule has 0 saturated carbocycles. The highest BCUT2D eigenvalue weighted by Crippen LogP contribution is 2.13. The molecule has 1 heterocycles. The number of piperidine rings is 1. The minimum Gasteiger partial charge on any atom is -0.481 e. The quantitative estimate of drug-likeness (QED) is 0.636. The zero-order valence-electron chi connectivity index (χ0n) is 11.0. The third kappa shape index (κ3) is 6.03. The minimum absolute atomic E-state index is 0.319. The van der Waals surface area contributed by atoms with Crippen molar-refractivity contribution in [1.82, 2.24) is 10.2 Å². The maximum Gasteiger partial charge on any atom is 0.303 e. The number of aliphatic carboxylic acids is 1. The predicted molar refractivity (Wildman–Crippen MR) is 69.2 cm³/mol. The third-order valence-electron chi connectivity index (χ3n) is 3.57. The number of unbranched alkanes of at least 4 members (excludes halogenated alkanes) is 2. The van der Waals surface area contributed by atoms with Crippen LogP contribution in [0.2, 0.25) is 0 Å². The summed E-state index contributed by atoms with van der Waals surface area (Å²) >= 11 is 0. The lowest BCUT2D eigenvalue weighted by Gasteiger charge is -2.33. The highest BCUT2D eigenvalue weighted by molar-refractivity contribution is 5.66. The summed E-state index contributed by atoms with van der Waals surface area (Å²) in [6.45, 7) is 6.74. The average molecular weight is 242 g/mol. The molecule has 4 nitrogen and oxygen atoms in total. The van der Waals surface area contributed by atoms with Crippen LogP contribution in [0.4, 0.5) is 0 Å². The highest BCUT2D eigenvalue weighted by atomic mass is 16.4. The van der Waals surface area contributed by atoms with Crippen LogP contribution in [0.5, 0.6) is 0 Å². The fraction of sp³-hybridized carbons (Fsp3) is 0.923. The van der Waals surface area contributed by atoms with Crippen molar-refractivity contribution < 1.29 is 9.90 Å². The number of hydrogen-bond acceptors (Lipinski definition) is 3. The number of hydrogen-bond donors (Lipinski definition) is 2. The summed E-state index contributed by atoms with van der Waals surface area (Å²) in [5.74, 6) is -0.671. The molecule has 100 valence electrons. The van der Waals surface area contributed by atoms with E-state index in [4.69, 9.17) is 5.11 Å². The number of carbonyl (C=O) groups is 1. The fourth-order valence-corrected chi connectivity index (χ4v) is 2.54. The van der Waals surface area contributed by atoms with Gasteiger partial charge >= 0.3 is 5.97 Å². The van der Waals surface area contributed by atoms with Gasteiger partial charge in [-0.1, -0.05) is 13.3 Å². The van der Waals surface area contributed by atoms with Gasteiger partial charge in [0.25, 0.3) is 0 Å². The predicted octanol–water partition coefficient (Wildman–Crippen LogP) is 1.71. The smallest absolute Gasteiger partial charge is 0.303 e. The second-order valence-electron chi connectivity index (χ2n) is 4.81. The number of carboxylic acids is 1. The van der Waals surface area contributed by atoms with Gasteiger partial charge in [0.15, 0.2) is 0 Å². The molecule has 0 aromatic heterocycles. The lowest BCUT2D eigenvalue weighted by atomic mass is 10.0. The summed E-state index contributed by atoms with van der Waals surface area (Å²) in [7, 11) is 0. The van der Waals surface area contributed by atoms with Crippen molar-refractivity contribution in [3.05, 3.63) is 0 Å². The summed E-state index contributed by atoms with van der Waals surface area (Å²) in [4.78, 5) is 12.9. The van der Waals surface area contributed by atoms with Gasteiger partial charge in [-0.05, 0) is 51.9 Å². The molecule has 0 unspecified atom stereocenters. The molecule has 0 aliphatic carbocycles. The third-order valence-corrected chi connectivity index (χ3v) is 3.57. The summed E-state index contributed by atoms with van der Waals surface area (Å²) in [6.07, 6.45) is 5.81. The summed E-state index contributed by atoms with van der Waals surface area (Å²) in [5.41, 5.74) is 0. The van der Waals surface area contributed by atoms with Crippen LogP contribution in [0.1, 0.15) is 45.4 Å². The van der Waals surface area contributed by atoms with Crippen LogP contribution in [0.25, 0.3) is 0 Å². The molecule has 0 spiro atoms. The molecule has 1 fully saturated rings. The van der Waals surface area contributed by atoms with Crippen molar-refractivity contribution in [2.75, 3.05) is 26.2 Å². The Hall–Kier alpha value is -0.610. The topological polar surface area (TPSA) is 52.6 Å². The zero-order chi connectivity index (χ0) is 12.5. The van der Waals surface area contributed by atoms with Gasteiger partial charge in [-0.25, -0.2) is 0 Å².